The second-order valence-corrected chi connectivity index (χ2v) is 4.49. The lowest BCUT2D eigenvalue weighted by Crippen LogP contribution is -2.13. The number of benzene rings is 1. The molecule has 0 fully saturated rings. The third-order valence-corrected chi connectivity index (χ3v) is 3.13. The highest BCUT2D eigenvalue weighted by atomic mass is 14.6. The average Bonchev–Trinajstić information content (AvgIpc) is 2.16. The maximum atomic E-state index is 6.01. The normalized spacial score (nSPS) is 17.6. The van der Waals surface area contributed by atoms with E-state index in [2.05, 4.69) is 26.0 Å². The molecule has 0 saturated carbocycles. The molecule has 2 N–H and O–H groups in total. The molecule has 1 aromatic carbocycles. The summed E-state index contributed by atoms with van der Waals surface area (Å²) in [4.78, 5) is 0. The molecule has 0 amide bonds. The number of aryl methyl sites for hydroxylation is 2. The summed E-state index contributed by atoms with van der Waals surface area (Å²) in [6.45, 7) is 4.25. The second kappa shape index (κ2) is 3.74. The predicted octanol–water partition coefficient (Wildman–Crippen LogP) is 2.89. The van der Waals surface area contributed by atoms with E-state index >= 15 is 0 Å². The molecule has 0 aromatic heterocycles. The summed E-state index contributed by atoms with van der Waals surface area (Å²) < 4.78 is 0. The fraction of sp³-hybridized carbons (Fsp3) is 0.538. The number of fused-ring (bicyclic) bond motifs is 1. The Hall–Kier alpha value is -0.820. The van der Waals surface area contributed by atoms with Crippen LogP contribution in [0.25, 0.3) is 0 Å². The van der Waals surface area contributed by atoms with Crippen LogP contribution in [0.5, 0.6) is 0 Å². The molecule has 0 radical (unpaired) electrons. The van der Waals surface area contributed by atoms with Gasteiger partial charge in [0.15, 0.2) is 0 Å². The Morgan fingerprint density at radius 3 is 2.64 bits per heavy atom. The van der Waals surface area contributed by atoms with Gasteiger partial charge in [-0.05, 0) is 56.2 Å². The van der Waals surface area contributed by atoms with Gasteiger partial charge >= 0.3 is 0 Å². The third-order valence-electron chi connectivity index (χ3n) is 3.13. The van der Waals surface area contributed by atoms with E-state index in [4.69, 9.17) is 5.73 Å². The van der Waals surface area contributed by atoms with Crippen molar-refractivity contribution in [2.24, 2.45) is 5.73 Å². The van der Waals surface area contributed by atoms with E-state index in [-0.39, 0.29) is 6.04 Å². The molecule has 0 heterocycles. The molecular weight excluding hydrogens is 170 g/mol. The first-order valence-electron chi connectivity index (χ1n) is 5.56. The van der Waals surface area contributed by atoms with Gasteiger partial charge < -0.3 is 5.73 Å². The van der Waals surface area contributed by atoms with Crippen LogP contribution in [-0.2, 0) is 12.8 Å². The van der Waals surface area contributed by atoms with E-state index in [1.165, 1.54) is 42.4 Å². The summed E-state index contributed by atoms with van der Waals surface area (Å²) in [6, 6.07) is 4.77. The zero-order chi connectivity index (χ0) is 10.1. The van der Waals surface area contributed by atoms with Crippen LogP contribution in [0.4, 0.5) is 0 Å². The van der Waals surface area contributed by atoms with Gasteiger partial charge in [-0.3, -0.25) is 0 Å². The first-order valence-corrected chi connectivity index (χ1v) is 5.56. The van der Waals surface area contributed by atoms with E-state index in [1.807, 2.05) is 0 Å². The van der Waals surface area contributed by atoms with Crippen molar-refractivity contribution in [2.75, 3.05) is 0 Å². The molecule has 1 aliphatic rings. The minimum absolute atomic E-state index is 0.182. The summed E-state index contributed by atoms with van der Waals surface area (Å²) in [7, 11) is 0. The zero-order valence-corrected chi connectivity index (χ0v) is 9.14. The standard InChI is InChI=1S/C13H19N/c1-9-7-11-5-3-4-6-12(11)13(8-9)10(2)14/h7-8,10H,3-6,14H2,1-2H3. The Labute approximate surface area is 86.3 Å². The van der Waals surface area contributed by atoms with E-state index in [0.717, 1.165) is 0 Å². The Kier molecular flexibility index (Phi) is 2.60. The molecule has 0 saturated heterocycles. The van der Waals surface area contributed by atoms with Gasteiger partial charge in [-0.25, -0.2) is 0 Å². The Morgan fingerprint density at radius 2 is 1.93 bits per heavy atom. The average molecular weight is 189 g/mol. The Balaban J connectivity index is 2.52. The highest BCUT2D eigenvalue weighted by Gasteiger charge is 2.15. The number of hydrogen-bond acceptors (Lipinski definition) is 1. The van der Waals surface area contributed by atoms with Gasteiger partial charge in [-0.15, -0.1) is 0 Å². The van der Waals surface area contributed by atoms with E-state index in [9.17, 15) is 0 Å². The molecule has 1 unspecified atom stereocenters. The van der Waals surface area contributed by atoms with Gasteiger partial charge in [0, 0.05) is 6.04 Å². The van der Waals surface area contributed by atoms with Crippen molar-refractivity contribution < 1.29 is 0 Å². The molecule has 1 heteroatoms. The van der Waals surface area contributed by atoms with Gasteiger partial charge in [-0.1, -0.05) is 17.7 Å². The monoisotopic (exact) mass is 189 g/mol. The van der Waals surface area contributed by atoms with Crippen LogP contribution in [0.15, 0.2) is 12.1 Å². The van der Waals surface area contributed by atoms with Crippen LogP contribution in [0.1, 0.15) is 48.1 Å². The Bertz CT molecular complexity index is 339. The number of hydrogen-bond donors (Lipinski definition) is 1. The maximum Gasteiger partial charge on any atom is 0.0269 e. The maximum absolute atomic E-state index is 6.01. The summed E-state index contributed by atoms with van der Waals surface area (Å²) in [5.41, 5.74) is 11.8. The van der Waals surface area contributed by atoms with Gasteiger partial charge in [0.2, 0.25) is 0 Å². The lowest BCUT2D eigenvalue weighted by atomic mass is 9.85. The third kappa shape index (κ3) is 1.69. The fourth-order valence-electron chi connectivity index (χ4n) is 2.47. The predicted molar refractivity (Wildman–Crippen MR) is 60.4 cm³/mol. The topological polar surface area (TPSA) is 26.0 Å². The largest absolute Gasteiger partial charge is 0.324 e. The highest BCUT2D eigenvalue weighted by molar-refractivity contribution is 5.41. The molecule has 0 aliphatic heterocycles. The molecule has 76 valence electrons. The van der Waals surface area contributed by atoms with Crippen molar-refractivity contribution in [1.82, 2.24) is 0 Å². The van der Waals surface area contributed by atoms with Crippen molar-refractivity contribution in [2.45, 2.75) is 45.6 Å². The lowest BCUT2D eigenvalue weighted by Gasteiger charge is -2.22. The summed E-state index contributed by atoms with van der Waals surface area (Å²) in [5.74, 6) is 0. The highest BCUT2D eigenvalue weighted by Crippen LogP contribution is 2.28. The number of rotatable bonds is 1. The molecule has 1 aliphatic carbocycles. The van der Waals surface area contributed by atoms with Crippen LogP contribution in [0.3, 0.4) is 0 Å². The van der Waals surface area contributed by atoms with Crippen LogP contribution in [0, 0.1) is 6.92 Å². The Morgan fingerprint density at radius 1 is 1.21 bits per heavy atom. The minimum atomic E-state index is 0.182. The smallest absolute Gasteiger partial charge is 0.0269 e. The summed E-state index contributed by atoms with van der Waals surface area (Å²) in [5, 5.41) is 0. The zero-order valence-electron chi connectivity index (χ0n) is 9.14. The van der Waals surface area contributed by atoms with Crippen LogP contribution in [0.2, 0.25) is 0 Å². The first-order chi connectivity index (χ1) is 6.68. The van der Waals surface area contributed by atoms with Crippen molar-refractivity contribution in [3.63, 3.8) is 0 Å². The van der Waals surface area contributed by atoms with Gasteiger partial charge in [0.05, 0.1) is 0 Å². The SMILES string of the molecule is Cc1cc2c(c(C(C)N)c1)CCCC2. The van der Waals surface area contributed by atoms with Crippen LogP contribution >= 0.6 is 0 Å². The van der Waals surface area contributed by atoms with Gasteiger partial charge in [0.1, 0.15) is 0 Å². The summed E-state index contributed by atoms with van der Waals surface area (Å²) in [6.07, 6.45) is 5.15. The first kappa shape index (κ1) is 9.72. The molecule has 14 heavy (non-hydrogen) atoms. The van der Waals surface area contributed by atoms with E-state index in [1.54, 1.807) is 5.56 Å². The molecule has 0 spiro atoms. The van der Waals surface area contributed by atoms with Crippen molar-refractivity contribution in [3.05, 3.63) is 34.4 Å². The minimum Gasteiger partial charge on any atom is -0.324 e. The lowest BCUT2D eigenvalue weighted by molar-refractivity contribution is 0.665. The van der Waals surface area contributed by atoms with Crippen molar-refractivity contribution >= 4 is 0 Å². The molecule has 2 rings (SSSR count). The molecular formula is C13H19N. The van der Waals surface area contributed by atoms with Crippen molar-refractivity contribution in [3.8, 4) is 0 Å². The molecule has 1 atom stereocenters. The van der Waals surface area contributed by atoms with E-state index in [0.29, 0.717) is 0 Å². The van der Waals surface area contributed by atoms with Crippen LogP contribution < -0.4 is 5.73 Å². The second-order valence-electron chi connectivity index (χ2n) is 4.49. The summed E-state index contributed by atoms with van der Waals surface area (Å²) >= 11 is 0. The quantitative estimate of drug-likeness (QED) is 0.722. The molecule has 1 nitrogen and oxygen atoms in total. The fourth-order valence-corrected chi connectivity index (χ4v) is 2.47. The van der Waals surface area contributed by atoms with Gasteiger partial charge in [-0.2, -0.15) is 0 Å². The molecule has 1 aromatic rings. The van der Waals surface area contributed by atoms with E-state index < -0.39 is 0 Å². The van der Waals surface area contributed by atoms with Gasteiger partial charge in [0.25, 0.3) is 0 Å². The van der Waals surface area contributed by atoms with Crippen molar-refractivity contribution in [1.29, 1.82) is 0 Å². The van der Waals surface area contributed by atoms with Crippen LogP contribution in [-0.4, -0.2) is 0 Å². The number of nitrogens with two attached hydrogens (primary N) is 1. The molecule has 0 bridgehead atoms.